The van der Waals surface area contributed by atoms with Crippen LogP contribution in [0.3, 0.4) is 0 Å². The van der Waals surface area contributed by atoms with Crippen LogP contribution in [0.2, 0.25) is 0 Å². The first-order valence-corrected chi connectivity index (χ1v) is 8.12. The van der Waals surface area contributed by atoms with Crippen molar-refractivity contribution in [2.45, 2.75) is 33.7 Å². The van der Waals surface area contributed by atoms with Crippen LogP contribution in [-0.4, -0.2) is 31.5 Å². The Morgan fingerprint density at radius 3 is 2.46 bits per heavy atom. The summed E-state index contributed by atoms with van der Waals surface area (Å²) in [6.45, 7) is 8.93. The van der Waals surface area contributed by atoms with E-state index in [1.165, 1.54) is 12.1 Å². The molecular weight excluding hydrogens is 314 g/mol. The number of aliphatic imine (C=N–C) groups is 1. The van der Waals surface area contributed by atoms with Gasteiger partial charge in [0, 0.05) is 19.0 Å². The number of guanidine groups is 1. The number of carbonyl (C=O) groups is 1. The lowest BCUT2D eigenvalue weighted by molar-refractivity contribution is -0.123. The van der Waals surface area contributed by atoms with Crippen molar-refractivity contribution in [3.05, 3.63) is 35.4 Å². The maximum atomic E-state index is 13.3. The van der Waals surface area contributed by atoms with E-state index in [2.05, 4.69) is 20.9 Å². The second kappa shape index (κ2) is 9.85. The average Bonchev–Trinajstić information content (AvgIpc) is 2.53. The highest BCUT2D eigenvalue weighted by atomic mass is 19.2. The van der Waals surface area contributed by atoms with Gasteiger partial charge in [-0.3, -0.25) is 9.79 Å². The van der Waals surface area contributed by atoms with E-state index in [0.29, 0.717) is 31.2 Å². The van der Waals surface area contributed by atoms with Crippen LogP contribution in [-0.2, 0) is 4.79 Å². The lowest BCUT2D eigenvalue weighted by Gasteiger charge is -2.18. The zero-order valence-corrected chi connectivity index (χ0v) is 14.6. The van der Waals surface area contributed by atoms with Gasteiger partial charge in [-0.15, -0.1) is 0 Å². The Morgan fingerprint density at radius 1 is 1.17 bits per heavy atom. The average molecular weight is 340 g/mol. The summed E-state index contributed by atoms with van der Waals surface area (Å²) in [5, 5.41) is 8.99. The minimum atomic E-state index is -0.875. The van der Waals surface area contributed by atoms with Gasteiger partial charge in [-0.05, 0) is 31.5 Å². The van der Waals surface area contributed by atoms with E-state index >= 15 is 0 Å². The number of carbonyl (C=O) groups excluding carboxylic acids is 1. The number of halogens is 2. The molecule has 0 bridgehead atoms. The van der Waals surface area contributed by atoms with Crippen molar-refractivity contribution >= 4 is 11.9 Å². The summed E-state index contributed by atoms with van der Waals surface area (Å²) in [6, 6.07) is 3.55. The van der Waals surface area contributed by atoms with Gasteiger partial charge in [0.15, 0.2) is 17.6 Å². The molecule has 0 saturated carbocycles. The summed E-state index contributed by atoms with van der Waals surface area (Å²) in [7, 11) is 0. The van der Waals surface area contributed by atoms with Gasteiger partial charge in [-0.1, -0.05) is 19.9 Å². The number of hydrogen-bond acceptors (Lipinski definition) is 2. The highest BCUT2D eigenvalue weighted by Crippen LogP contribution is 2.15. The lowest BCUT2D eigenvalue weighted by atomic mass is 10.1. The topological polar surface area (TPSA) is 65.5 Å². The van der Waals surface area contributed by atoms with Crippen LogP contribution < -0.4 is 16.0 Å². The molecule has 0 aliphatic rings. The molecule has 0 spiro atoms. The van der Waals surface area contributed by atoms with Crippen molar-refractivity contribution in [3.63, 3.8) is 0 Å². The molecule has 5 nitrogen and oxygen atoms in total. The molecule has 134 valence electrons. The highest BCUT2D eigenvalue weighted by Gasteiger charge is 2.11. The first kappa shape index (κ1) is 19.9. The van der Waals surface area contributed by atoms with Gasteiger partial charge in [0.2, 0.25) is 5.91 Å². The molecule has 1 atom stereocenters. The van der Waals surface area contributed by atoms with E-state index in [1.54, 1.807) is 0 Å². The van der Waals surface area contributed by atoms with E-state index in [4.69, 9.17) is 0 Å². The van der Waals surface area contributed by atoms with Crippen molar-refractivity contribution in [3.8, 4) is 0 Å². The highest BCUT2D eigenvalue weighted by molar-refractivity contribution is 5.80. The zero-order chi connectivity index (χ0) is 18.1. The lowest BCUT2D eigenvalue weighted by Crippen LogP contribution is -2.39. The van der Waals surface area contributed by atoms with E-state index in [9.17, 15) is 13.6 Å². The molecule has 0 radical (unpaired) electrons. The standard InChI is InChI=1S/C17H26F2N4O/c1-5-20-17(22-9-8-21-16(24)11(2)3)23-12(4)13-6-7-14(18)15(19)10-13/h6-7,10-12H,5,8-9H2,1-4H3,(H,21,24)(H2,20,22,23). The Morgan fingerprint density at radius 2 is 1.88 bits per heavy atom. The predicted octanol–water partition coefficient (Wildman–Crippen LogP) is 2.35. The van der Waals surface area contributed by atoms with E-state index in [0.717, 1.165) is 6.07 Å². The summed E-state index contributed by atoms with van der Waals surface area (Å²) in [5.41, 5.74) is 0.618. The summed E-state index contributed by atoms with van der Waals surface area (Å²) in [5.74, 6) is -1.27. The van der Waals surface area contributed by atoms with E-state index in [1.807, 2.05) is 27.7 Å². The number of amides is 1. The number of hydrogen-bond donors (Lipinski definition) is 3. The third kappa shape index (κ3) is 6.52. The number of nitrogens with zero attached hydrogens (tertiary/aromatic N) is 1. The Labute approximate surface area is 141 Å². The first-order chi connectivity index (χ1) is 11.3. The molecule has 1 rings (SSSR count). The largest absolute Gasteiger partial charge is 0.357 e. The van der Waals surface area contributed by atoms with Gasteiger partial charge in [-0.2, -0.15) is 0 Å². The Bertz CT molecular complexity index is 576. The fraction of sp³-hybridized carbons (Fsp3) is 0.529. The molecule has 0 fully saturated rings. The van der Waals surface area contributed by atoms with Gasteiger partial charge in [0.25, 0.3) is 0 Å². The molecule has 1 aromatic rings. The quantitative estimate of drug-likeness (QED) is 0.406. The molecule has 0 aromatic heterocycles. The summed E-state index contributed by atoms with van der Waals surface area (Å²) >= 11 is 0. The van der Waals surface area contributed by atoms with Crippen LogP contribution in [0.15, 0.2) is 23.2 Å². The molecule has 0 heterocycles. The maximum Gasteiger partial charge on any atom is 0.222 e. The van der Waals surface area contributed by atoms with Crippen LogP contribution >= 0.6 is 0 Å². The minimum Gasteiger partial charge on any atom is -0.357 e. The van der Waals surface area contributed by atoms with Crippen LogP contribution in [0.25, 0.3) is 0 Å². The van der Waals surface area contributed by atoms with Crippen LogP contribution in [0.4, 0.5) is 8.78 Å². The normalized spacial score (nSPS) is 12.9. The van der Waals surface area contributed by atoms with Gasteiger partial charge in [0.1, 0.15) is 0 Å². The summed E-state index contributed by atoms with van der Waals surface area (Å²) in [4.78, 5) is 15.8. The Balaban J connectivity index is 2.62. The zero-order valence-electron chi connectivity index (χ0n) is 14.6. The summed E-state index contributed by atoms with van der Waals surface area (Å²) in [6.07, 6.45) is 0. The molecule has 0 aliphatic carbocycles. The number of benzene rings is 1. The van der Waals surface area contributed by atoms with Gasteiger partial charge in [-0.25, -0.2) is 8.78 Å². The Kier molecular flexibility index (Phi) is 8.15. The van der Waals surface area contributed by atoms with Crippen LogP contribution in [0.1, 0.15) is 39.3 Å². The SMILES string of the molecule is CCNC(=NCCNC(=O)C(C)C)NC(C)c1ccc(F)c(F)c1. The maximum absolute atomic E-state index is 13.3. The Hall–Kier alpha value is -2.18. The van der Waals surface area contributed by atoms with E-state index < -0.39 is 11.6 Å². The van der Waals surface area contributed by atoms with Crippen LogP contribution in [0.5, 0.6) is 0 Å². The number of rotatable bonds is 7. The smallest absolute Gasteiger partial charge is 0.222 e. The van der Waals surface area contributed by atoms with Crippen LogP contribution in [0, 0.1) is 17.6 Å². The molecule has 24 heavy (non-hydrogen) atoms. The van der Waals surface area contributed by atoms with Gasteiger partial charge >= 0.3 is 0 Å². The summed E-state index contributed by atoms with van der Waals surface area (Å²) < 4.78 is 26.3. The third-order valence-electron chi connectivity index (χ3n) is 3.35. The molecule has 7 heteroatoms. The second-order valence-corrected chi connectivity index (χ2v) is 5.75. The molecule has 1 aromatic carbocycles. The first-order valence-electron chi connectivity index (χ1n) is 8.12. The fourth-order valence-corrected chi connectivity index (χ4v) is 1.94. The van der Waals surface area contributed by atoms with Crippen molar-refractivity contribution in [1.82, 2.24) is 16.0 Å². The van der Waals surface area contributed by atoms with E-state index in [-0.39, 0.29) is 17.9 Å². The monoisotopic (exact) mass is 340 g/mol. The predicted molar refractivity (Wildman–Crippen MR) is 91.7 cm³/mol. The molecule has 0 aliphatic heterocycles. The fourth-order valence-electron chi connectivity index (χ4n) is 1.94. The molecule has 1 amide bonds. The molecule has 1 unspecified atom stereocenters. The van der Waals surface area contributed by atoms with Crippen molar-refractivity contribution < 1.29 is 13.6 Å². The minimum absolute atomic E-state index is 0.0154. The molecule has 3 N–H and O–H groups in total. The molecular formula is C17H26F2N4O. The van der Waals surface area contributed by atoms with Crippen molar-refractivity contribution in [1.29, 1.82) is 0 Å². The van der Waals surface area contributed by atoms with Gasteiger partial charge < -0.3 is 16.0 Å². The number of nitrogens with one attached hydrogen (secondary N) is 3. The third-order valence-corrected chi connectivity index (χ3v) is 3.35. The van der Waals surface area contributed by atoms with Crippen molar-refractivity contribution in [2.24, 2.45) is 10.9 Å². The second-order valence-electron chi connectivity index (χ2n) is 5.75. The van der Waals surface area contributed by atoms with Crippen molar-refractivity contribution in [2.75, 3.05) is 19.6 Å². The van der Waals surface area contributed by atoms with Gasteiger partial charge in [0.05, 0.1) is 12.6 Å². The molecule has 0 saturated heterocycles.